The third-order valence-electron chi connectivity index (χ3n) is 5.80. The van der Waals surface area contributed by atoms with E-state index in [1.165, 1.54) is 7.11 Å². The summed E-state index contributed by atoms with van der Waals surface area (Å²) >= 11 is 0. The van der Waals surface area contributed by atoms with Crippen LogP contribution in [0.4, 0.5) is 4.79 Å². The summed E-state index contributed by atoms with van der Waals surface area (Å²) in [5.41, 5.74) is 1.68. The molecule has 2 amide bonds. The normalized spacial score (nSPS) is 23.8. The maximum atomic E-state index is 12.7. The van der Waals surface area contributed by atoms with Gasteiger partial charge in [0.1, 0.15) is 5.75 Å². The zero-order valence-electron chi connectivity index (χ0n) is 17.2. The van der Waals surface area contributed by atoms with E-state index in [-0.39, 0.29) is 6.03 Å². The molecule has 4 rings (SSSR count). The lowest BCUT2D eigenvalue weighted by Gasteiger charge is -2.39. The number of nitrogens with zero attached hydrogens (tertiary/aromatic N) is 1. The number of hydrogen-bond acceptors (Lipinski definition) is 7. The van der Waals surface area contributed by atoms with Crippen molar-refractivity contribution < 1.29 is 28.5 Å². The van der Waals surface area contributed by atoms with Gasteiger partial charge in [0.05, 0.1) is 39.0 Å². The van der Waals surface area contributed by atoms with Crippen LogP contribution in [0, 0.1) is 0 Å². The highest BCUT2D eigenvalue weighted by Gasteiger charge is 2.41. The van der Waals surface area contributed by atoms with Crippen molar-refractivity contribution in [3.63, 3.8) is 0 Å². The molecular formula is C21H27N3O6. The number of urea groups is 1. The molecule has 0 aliphatic carbocycles. The second-order valence-corrected chi connectivity index (χ2v) is 7.58. The largest absolute Gasteiger partial charge is 0.497 e. The minimum atomic E-state index is -0.631. The molecule has 1 aromatic carbocycles. The predicted octanol–water partition coefficient (Wildman–Crippen LogP) is 1.32. The lowest BCUT2D eigenvalue weighted by molar-refractivity contribution is -0.184. The van der Waals surface area contributed by atoms with Crippen molar-refractivity contribution in [2.24, 2.45) is 0 Å². The number of benzene rings is 1. The van der Waals surface area contributed by atoms with Crippen LogP contribution < -0.4 is 15.4 Å². The van der Waals surface area contributed by atoms with Crippen molar-refractivity contribution in [1.29, 1.82) is 0 Å². The molecule has 2 N–H and O–H groups in total. The lowest BCUT2D eigenvalue weighted by atomic mass is 9.94. The molecule has 9 heteroatoms. The first-order valence-electron chi connectivity index (χ1n) is 10.1. The van der Waals surface area contributed by atoms with Gasteiger partial charge < -0.3 is 29.6 Å². The van der Waals surface area contributed by atoms with Gasteiger partial charge in [-0.25, -0.2) is 9.59 Å². The van der Waals surface area contributed by atoms with Crippen LogP contribution in [0.2, 0.25) is 0 Å². The molecule has 0 unspecified atom stereocenters. The van der Waals surface area contributed by atoms with E-state index in [1.807, 2.05) is 18.2 Å². The summed E-state index contributed by atoms with van der Waals surface area (Å²) in [7, 11) is 2.91. The highest BCUT2D eigenvalue weighted by atomic mass is 16.7. The molecule has 3 aliphatic heterocycles. The quantitative estimate of drug-likeness (QED) is 0.697. The Hall–Kier alpha value is -2.62. The van der Waals surface area contributed by atoms with Crippen molar-refractivity contribution in [3.8, 4) is 5.75 Å². The number of likely N-dealkylation sites (tertiary alicyclic amines) is 1. The number of methoxy groups -OCH3 is 2. The maximum Gasteiger partial charge on any atom is 0.338 e. The number of hydrogen-bond donors (Lipinski definition) is 2. The molecule has 9 nitrogen and oxygen atoms in total. The minimum absolute atomic E-state index is 0.360. The number of piperidine rings is 1. The minimum Gasteiger partial charge on any atom is -0.497 e. The third-order valence-corrected chi connectivity index (χ3v) is 5.80. The lowest BCUT2D eigenvalue weighted by Crippen LogP contribution is -2.51. The molecule has 0 aromatic heterocycles. The van der Waals surface area contributed by atoms with E-state index in [4.69, 9.17) is 18.9 Å². The first kappa shape index (κ1) is 20.6. The molecule has 162 valence electrons. The fourth-order valence-corrected chi connectivity index (χ4v) is 4.23. The van der Waals surface area contributed by atoms with E-state index < -0.39 is 17.8 Å². The van der Waals surface area contributed by atoms with Gasteiger partial charge in [-0.1, -0.05) is 12.1 Å². The summed E-state index contributed by atoms with van der Waals surface area (Å²) in [5.74, 6) is -0.318. The summed E-state index contributed by atoms with van der Waals surface area (Å²) in [6.45, 7) is 3.16. The highest BCUT2D eigenvalue weighted by Crippen LogP contribution is 2.33. The van der Waals surface area contributed by atoms with Crippen LogP contribution in [0.25, 0.3) is 0 Å². The van der Waals surface area contributed by atoms with Crippen molar-refractivity contribution >= 4 is 12.0 Å². The van der Waals surface area contributed by atoms with Gasteiger partial charge in [-0.3, -0.25) is 4.90 Å². The number of carbonyl (C=O) groups excluding carboxylic acids is 2. The zero-order valence-corrected chi connectivity index (χ0v) is 17.2. The topological polar surface area (TPSA) is 98.4 Å². The molecule has 0 bridgehead atoms. The third kappa shape index (κ3) is 4.14. The summed E-state index contributed by atoms with van der Waals surface area (Å²) in [6, 6.07) is 6.29. The van der Waals surface area contributed by atoms with Crippen LogP contribution in [0.5, 0.6) is 5.75 Å². The van der Waals surface area contributed by atoms with Gasteiger partial charge >= 0.3 is 12.0 Å². The number of nitrogens with one attached hydrogen (secondary N) is 2. The Labute approximate surface area is 175 Å². The number of rotatable bonds is 5. The molecule has 1 aromatic rings. The standard InChI is InChI=1S/C21H27N3O6/c1-27-15-5-3-4-14(12-15)18-17(19(25)28-2)16(22-20(26)23-18)13-24-8-6-21(7-9-24)29-10-11-30-21/h3-5,12,18H,6-11,13H2,1-2H3,(H2,22,23,26)/t18-/m0/s1. The van der Waals surface area contributed by atoms with Crippen LogP contribution in [-0.2, 0) is 19.0 Å². The molecule has 2 fully saturated rings. The average molecular weight is 417 g/mol. The SMILES string of the molecule is COC(=O)C1=C(CN2CCC3(CC2)OCCO3)NC(=O)N[C@H]1c1cccc(OC)c1. The molecule has 2 saturated heterocycles. The van der Waals surface area contributed by atoms with Crippen molar-refractivity contribution in [2.45, 2.75) is 24.7 Å². The first-order chi connectivity index (χ1) is 14.5. The second kappa shape index (κ2) is 8.63. The van der Waals surface area contributed by atoms with Crippen molar-refractivity contribution in [3.05, 3.63) is 41.1 Å². The number of amides is 2. The van der Waals surface area contributed by atoms with Gasteiger partial charge in [0.15, 0.2) is 5.79 Å². The van der Waals surface area contributed by atoms with Crippen LogP contribution >= 0.6 is 0 Å². The van der Waals surface area contributed by atoms with Crippen molar-refractivity contribution in [1.82, 2.24) is 15.5 Å². The summed E-state index contributed by atoms with van der Waals surface area (Å²) in [4.78, 5) is 27.3. The van der Waals surface area contributed by atoms with E-state index in [0.717, 1.165) is 31.5 Å². The fraction of sp³-hybridized carbons (Fsp3) is 0.524. The zero-order chi connectivity index (χ0) is 21.1. The Morgan fingerprint density at radius 3 is 2.63 bits per heavy atom. The Balaban J connectivity index is 1.59. The molecule has 0 radical (unpaired) electrons. The van der Waals surface area contributed by atoms with E-state index >= 15 is 0 Å². The molecule has 3 heterocycles. The summed E-state index contributed by atoms with van der Waals surface area (Å²) < 4.78 is 21.9. The van der Waals surface area contributed by atoms with Gasteiger partial charge in [0, 0.05) is 38.2 Å². The van der Waals surface area contributed by atoms with Gasteiger partial charge in [-0.15, -0.1) is 0 Å². The van der Waals surface area contributed by atoms with Crippen LogP contribution in [-0.4, -0.2) is 69.8 Å². The van der Waals surface area contributed by atoms with Crippen LogP contribution in [0.3, 0.4) is 0 Å². The predicted molar refractivity (Wildman–Crippen MR) is 107 cm³/mol. The number of ether oxygens (including phenoxy) is 4. The first-order valence-corrected chi connectivity index (χ1v) is 10.1. The number of esters is 1. The highest BCUT2D eigenvalue weighted by molar-refractivity contribution is 5.95. The Bertz CT molecular complexity index is 839. The van der Waals surface area contributed by atoms with Gasteiger partial charge in [0.2, 0.25) is 0 Å². The van der Waals surface area contributed by atoms with Gasteiger partial charge in [0.25, 0.3) is 0 Å². The molecule has 1 spiro atoms. The number of carbonyl (C=O) groups is 2. The second-order valence-electron chi connectivity index (χ2n) is 7.58. The Kier molecular flexibility index (Phi) is 5.94. The smallest absolute Gasteiger partial charge is 0.338 e. The van der Waals surface area contributed by atoms with Gasteiger partial charge in [-0.2, -0.15) is 0 Å². The van der Waals surface area contributed by atoms with Crippen LogP contribution in [0.1, 0.15) is 24.4 Å². The van der Waals surface area contributed by atoms with E-state index in [1.54, 1.807) is 13.2 Å². The van der Waals surface area contributed by atoms with E-state index in [9.17, 15) is 9.59 Å². The molecule has 30 heavy (non-hydrogen) atoms. The summed E-state index contributed by atoms with van der Waals surface area (Å²) in [5, 5.41) is 5.65. The van der Waals surface area contributed by atoms with Crippen LogP contribution in [0.15, 0.2) is 35.5 Å². The molecular weight excluding hydrogens is 390 g/mol. The fourth-order valence-electron chi connectivity index (χ4n) is 4.23. The average Bonchev–Trinajstić information content (AvgIpc) is 3.22. The van der Waals surface area contributed by atoms with E-state index in [0.29, 0.717) is 36.8 Å². The molecule has 0 saturated carbocycles. The molecule has 1 atom stereocenters. The Morgan fingerprint density at radius 1 is 1.23 bits per heavy atom. The Morgan fingerprint density at radius 2 is 1.97 bits per heavy atom. The maximum absolute atomic E-state index is 12.7. The van der Waals surface area contributed by atoms with E-state index in [2.05, 4.69) is 15.5 Å². The monoisotopic (exact) mass is 417 g/mol. The van der Waals surface area contributed by atoms with Crippen molar-refractivity contribution in [2.75, 3.05) is 47.1 Å². The van der Waals surface area contributed by atoms with Gasteiger partial charge in [-0.05, 0) is 17.7 Å². The molecule has 3 aliphatic rings. The summed E-state index contributed by atoms with van der Waals surface area (Å²) in [6.07, 6.45) is 1.50.